The third kappa shape index (κ3) is 4.76. The van der Waals surface area contributed by atoms with E-state index in [9.17, 15) is 14.7 Å². The number of carboxylic acids is 1. The zero-order chi connectivity index (χ0) is 25.2. The molecule has 1 amide bonds. The van der Waals surface area contributed by atoms with Gasteiger partial charge in [-0.1, -0.05) is 6.07 Å². The number of hydrogen-bond acceptors (Lipinski definition) is 7. The van der Waals surface area contributed by atoms with Crippen molar-refractivity contribution in [2.24, 2.45) is 0 Å². The predicted molar refractivity (Wildman–Crippen MR) is 137 cm³/mol. The molecule has 36 heavy (non-hydrogen) atoms. The fourth-order valence-electron chi connectivity index (χ4n) is 4.48. The maximum absolute atomic E-state index is 13.1. The topological polar surface area (TPSA) is 116 Å². The van der Waals surface area contributed by atoms with E-state index in [1.54, 1.807) is 36.8 Å². The second kappa shape index (κ2) is 9.74. The lowest BCUT2D eigenvalue weighted by atomic mass is 10.0. The molecular weight excluding hydrogens is 458 g/mol. The van der Waals surface area contributed by atoms with Crippen LogP contribution in [-0.2, 0) is 6.54 Å². The van der Waals surface area contributed by atoms with Crippen molar-refractivity contribution in [3.63, 3.8) is 0 Å². The molecule has 3 aromatic heterocycles. The standard InChI is InChI=1S/C26H27N7O3/c1-31(2)16-17-11-19(14-27-13-17)18-5-7-22-21(12-18)24(25(34)35)30-33(22)26(36)29-20-6-8-23(28-15-20)32-9-3-4-10-32/h5-8,11-15H,3-4,9-10,16H2,1-2H3,(H,29,36)(H,34,35). The number of aromatic carboxylic acids is 1. The monoisotopic (exact) mass is 485 g/mol. The smallest absolute Gasteiger partial charge is 0.357 e. The highest BCUT2D eigenvalue weighted by atomic mass is 16.4. The SMILES string of the molecule is CN(C)Cc1cncc(-c2ccc3c(c2)c(C(=O)O)nn3C(=O)Nc2ccc(N3CCCC3)nc2)c1. The van der Waals surface area contributed by atoms with Gasteiger partial charge in [-0.3, -0.25) is 4.98 Å². The van der Waals surface area contributed by atoms with Crippen molar-refractivity contribution in [1.29, 1.82) is 0 Å². The zero-order valence-corrected chi connectivity index (χ0v) is 20.2. The van der Waals surface area contributed by atoms with E-state index >= 15 is 0 Å². The van der Waals surface area contributed by atoms with Crippen molar-refractivity contribution < 1.29 is 14.7 Å². The second-order valence-electron chi connectivity index (χ2n) is 9.15. The fraction of sp³-hybridized carbons (Fsp3) is 0.269. The first-order valence-electron chi connectivity index (χ1n) is 11.8. The third-order valence-electron chi connectivity index (χ3n) is 6.13. The molecule has 0 radical (unpaired) electrons. The number of benzene rings is 1. The van der Waals surface area contributed by atoms with Gasteiger partial charge < -0.3 is 20.2 Å². The van der Waals surface area contributed by atoms with E-state index in [-0.39, 0.29) is 5.69 Å². The summed E-state index contributed by atoms with van der Waals surface area (Å²) in [7, 11) is 3.96. The Hall–Kier alpha value is -4.31. The van der Waals surface area contributed by atoms with Gasteiger partial charge >= 0.3 is 12.0 Å². The van der Waals surface area contributed by atoms with Crippen LogP contribution in [0.2, 0.25) is 0 Å². The Labute approximate surface area is 208 Å². The van der Waals surface area contributed by atoms with Crippen LogP contribution in [0.5, 0.6) is 0 Å². The molecule has 5 rings (SSSR count). The molecule has 0 aliphatic carbocycles. The normalized spacial score (nSPS) is 13.5. The van der Waals surface area contributed by atoms with Gasteiger partial charge in [-0.25, -0.2) is 14.6 Å². The van der Waals surface area contributed by atoms with Gasteiger partial charge in [0.2, 0.25) is 0 Å². The molecule has 0 saturated carbocycles. The van der Waals surface area contributed by atoms with Crippen molar-refractivity contribution in [2.45, 2.75) is 19.4 Å². The number of nitrogens with zero attached hydrogens (tertiary/aromatic N) is 6. The van der Waals surface area contributed by atoms with Gasteiger partial charge in [0.25, 0.3) is 0 Å². The Morgan fingerprint density at radius 1 is 1.03 bits per heavy atom. The van der Waals surface area contributed by atoms with Crippen LogP contribution in [0.15, 0.2) is 55.0 Å². The predicted octanol–water partition coefficient (Wildman–Crippen LogP) is 3.93. The zero-order valence-electron chi connectivity index (χ0n) is 20.2. The van der Waals surface area contributed by atoms with Gasteiger partial charge in [-0.2, -0.15) is 9.78 Å². The van der Waals surface area contributed by atoms with E-state index in [0.717, 1.165) is 59.7 Å². The lowest BCUT2D eigenvalue weighted by Crippen LogP contribution is -2.22. The Balaban J connectivity index is 1.44. The maximum Gasteiger partial charge on any atom is 0.357 e. The molecule has 1 aliphatic heterocycles. The molecule has 0 atom stereocenters. The summed E-state index contributed by atoms with van der Waals surface area (Å²) in [5.41, 5.74) is 3.39. The first kappa shape index (κ1) is 23.4. The minimum Gasteiger partial charge on any atom is -0.476 e. The Morgan fingerprint density at radius 2 is 1.83 bits per heavy atom. The van der Waals surface area contributed by atoms with Gasteiger partial charge in [0.1, 0.15) is 5.82 Å². The molecular formula is C26H27N7O3. The molecule has 0 spiro atoms. The lowest BCUT2D eigenvalue weighted by molar-refractivity contribution is 0.0692. The number of rotatable bonds is 6. The molecule has 0 unspecified atom stereocenters. The van der Waals surface area contributed by atoms with Crippen LogP contribution < -0.4 is 10.2 Å². The molecule has 4 aromatic rings. The molecule has 2 N–H and O–H groups in total. The molecule has 1 fully saturated rings. The van der Waals surface area contributed by atoms with Crippen molar-refractivity contribution >= 4 is 34.4 Å². The largest absolute Gasteiger partial charge is 0.476 e. The van der Waals surface area contributed by atoms with Crippen LogP contribution in [0.1, 0.15) is 28.9 Å². The van der Waals surface area contributed by atoms with Crippen LogP contribution >= 0.6 is 0 Å². The highest BCUT2D eigenvalue weighted by Crippen LogP contribution is 2.28. The summed E-state index contributed by atoms with van der Waals surface area (Å²) in [5, 5.41) is 17.0. The van der Waals surface area contributed by atoms with Crippen molar-refractivity contribution in [1.82, 2.24) is 24.6 Å². The molecule has 1 aromatic carbocycles. The van der Waals surface area contributed by atoms with E-state index < -0.39 is 12.0 Å². The Bertz CT molecular complexity index is 1420. The van der Waals surface area contributed by atoms with Gasteiger partial charge in [-0.15, -0.1) is 0 Å². The number of aromatic nitrogens is 4. The number of carbonyl (C=O) groups is 2. The summed E-state index contributed by atoms with van der Waals surface area (Å²) in [6.07, 6.45) is 7.44. The average Bonchev–Trinajstić information content (AvgIpc) is 3.52. The molecule has 0 bridgehead atoms. The number of nitrogens with one attached hydrogen (secondary N) is 1. The number of amides is 1. The van der Waals surface area contributed by atoms with E-state index in [4.69, 9.17) is 0 Å². The molecule has 4 heterocycles. The Morgan fingerprint density at radius 3 is 2.53 bits per heavy atom. The summed E-state index contributed by atoms with van der Waals surface area (Å²) in [5.74, 6) is -0.334. The highest BCUT2D eigenvalue weighted by molar-refractivity contribution is 6.06. The third-order valence-corrected chi connectivity index (χ3v) is 6.13. The quantitative estimate of drug-likeness (QED) is 0.422. The highest BCUT2D eigenvalue weighted by Gasteiger charge is 2.21. The fourth-order valence-corrected chi connectivity index (χ4v) is 4.48. The van der Waals surface area contributed by atoms with Crippen molar-refractivity contribution in [2.75, 3.05) is 37.4 Å². The summed E-state index contributed by atoms with van der Waals surface area (Å²) < 4.78 is 1.08. The molecule has 184 valence electrons. The number of fused-ring (bicyclic) bond motifs is 1. The minimum atomic E-state index is -1.21. The molecule has 10 heteroatoms. The second-order valence-corrected chi connectivity index (χ2v) is 9.15. The van der Waals surface area contributed by atoms with Crippen LogP contribution in [-0.4, -0.2) is 68.9 Å². The minimum absolute atomic E-state index is 0.193. The number of hydrogen-bond donors (Lipinski definition) is 2. The van der Waals surface area contributed by atoms with E-state index in [0.29, 0.717) is 16.6 Å². The first-order chi connectivity index (χ1) is 17.4. The Kier molecular flexibility index (Phi) is 6.34. The van der Waals surface area contributed by atoms with Gasteiger partial charge in [-0.05, 0) is 68.4 Å². The maximum atomic E-state index is 13.1. The van der Waals surface area contributed by atoms with Crippen LogP contribution in [0, 0.1) is 0 Å². The lowest BCUT2D eigenvalue weighted by Gasteiger charge is -2.16. The summed E-state index contributed by atoms with van der Waals surface area (Å²) in [6, 6.07) is 10.4. The molecule has 10 nitrogen and oxygen atoms in total. The van der Waals surface area contributed by atoms with E-state index in [1.807, 2.05) is 37.2 Å². The van der Waals surface area contributed by atoms with Crippen molar-refractivity contribution in [3.8, 4) is 11.1 Å². The van der Waals surface area contributed by atoms with E-state index in [1.165, 1.54) is 0 Å². The first-order valence-corrected chi connectivity index (χ1v) is 11.8. The number of pyridine rings is 2. The van der Waals surface area contributed by atoms with Crippen molar-refractivity contribution in [3.05, 3.63) is 66.2 Å². The number of carbonyl (C=O) groups excluding carboxylic acids is 1. The van der Waals surface area contributed by atoms with Crippen LogP contribution in [0.4, 0.5) is 16.3 Å². The summed E-state index contributed by atoms with van der Waals surface area (Å²) in [4.78, 5) is 38.0. The molecule has 1 saturated heterocycles. The average molecular weight is 486 g/mol. The van der Waals surface area contributed by atoms with Crippen LogP contribution in [0.3, 0.4) is 0 Å². The van der Waals surface area contributed by atoms with Gasteiger partial charge in [0.05, 0.1) is 17.4 Å². The summed E-state index contributed by atoms with van der Waals surface area (Å²) in [6.45, 7) is 2.69. The molecule has 1 aliphatic rings. The summed E-state index contributed by atoms with van der Waals surface area (Å²) >= 11 is 0. The number of carboxylic acid groups (broad SMARTS) is 1. The van der Waals surface area contributed by atoms with Gasteiger partial charge in [0, 0.05) is 43.0 Å². The van der Waals surface area contributed by atoms with Gasteiger partial charge in [0.15, 0.2) is 5.69 Å². The van der Waals surface area contributed by atoms with Crippen LogP contribution in [0.25, 0.3) is 22.0 Å². The van der Waals surface area contributed by atoms with E-state index in [2.05, 4.69) is 25.3 Å². The number of anilines is 2.